The van der Waals surface area contributed by atoms with Crippen LogP contribution in [0.4, 0.5) is 0 Å². The average Bonchev–Trinajstić information content (AvgIpc) is 2.43. The van der Waals surface area contributed by atoms with E-state index < -0.39 is 0 Å². The Morgan fingerprint density at radius 2 is 2.42 bits per heavy atom. The van der Waals surface area contributed by atoms with E-state index in [1.54, 1.807) is 0 Å². The molecule has 0 aromatic carbocycles. The van der Waals surface area contributed by atoms with Gasteiger partial charge in [0.2, 0.25) is 0 Å². The molecule has 2 heterocycles. The van der Waals surface area contributed by atoms with Gasteiger partial charge in [0, 0.05) is 12.7 Å². The minimum atomic E-state index is -0.0934. The molecule has 0 saturated heterocycles. The number of amidine groups is 1. The molecule has 12 heavy (non-hydrogen) atoms. The zero-order chi connectivity index (χ0) is 8.55. The second kappa shape index (κ2) is 2.57. The third kappa shape index (κ3) is 1.06. The Bertz CT molecular complexity index is 314. The third-order valence-corrected chi connectivity index (χ3v) is 1.84. The molecule has 0 radical (unpaired) electrons. The number of nitrogens with zero attached hydrogens (tertiary/aromatic N) is 2. The SMILES string of the molecule is NCC1=CN2CC(=O)N=C2C=C1. The maximum atomic E-state index is 10.9. The van der Waals surface area contributed by atoms with Gasteiger partial charge >= 0.3 is 0 Å². The van der Waals surface area contributed by atoms with E-state index in [1.165, 1.54) is 0 Å². The van der Waals surface area contributed by atoms with Crippen molar-refractivity contribution in [3.8, 4) is 0 Å². The van der Waals surface area contributed by atoms with E-state index in [0.717, 1.165) is 11.4 Å². The summed E-state index contributed by atoms with van der Waals surface area (Å²) in [4.78, 5) is 16.5. The first-order valence-electron chi connectivity index (χ1n) is 3.76. The van der Waals surface area contributed by atoms with E-state index in [9.17, 15) is 4.79 Å². The van der Waals surface area contributed by atoms with Gasteiger partial charge in [-0.05, 0) is 11.6 Å². The summed E-state index contributed by atoms with van der Waals surface area (Å²) in [5, 5.41) is 0. The predicted octanol–water partition coefficient (Wildman–Crippen LogP) is -0.361. The molecule has 0 bridgehead atoms. The van der Waals surface area contributed by atoms with Crippen molar-refractivity contribution in [2.75, 3.05) is 13.1 Å². The van der Waals surface area contributed by atoms with Crippen molar-refractivity contribution in [3.63, 3.8) is 0 Å². The van der Waals surface area contributed by atoms with Crippen molar-refractivity contribution in [3.05, 3.63) is 23.9 Å². The van der Waals surface area contributed by atoms with Crippen LogP contribution < -0.4 is 5.73 Å². The van der Waals surface area contributed by atoms with Crippen molar-refractivity contribution in [1.82, 2.24) is 4.90 Å². The molecule has 0 atom stereocenters. The first-order valence-corrected chi connectivity index (χ1v) is 3.76. The first-order chi connectivity index (χ1) is 5.79. The van der Waals surface area contributed by atoms with Crippen LogP contribution in [0.2, 0.25) is 0 Å². The van der Waals surface area contributed by atoms with Gasteiger partial charge in [0.15, 0.2) is 0 Å². The summed E-state index contributed by atoms with van der Waals surface area (Å²) >= 11 is 0. The van der Waals surface area contributed by atoms with Gasteiger partial charge in [-0.3, -0.25) is 4.79 Å². The number of amides is 1. The molecule has 2 aliphatic rings. The average molecular weight is 163 g/mol. The molecule has 0 fully saturated rings. The Kier molecular flexibility index (Phi) is 1.55. The number of hydrogen-bond acceptors (Lipinski definition) is 3. The van der Waals surface area contributed by atoms with Crippen LogP contribution in [0.1, 0.15) is 0 Å². The molecule has 4 heteroatoms. The van der Waals surface area contributed by atoms with Crippen LogP contribution in [0.25, 0.3) is 0 Å². The van der Waals surface area contributed by atoms with E-state index >= 15 is 0 Å². The van der Waals surface area contributed by atoms with Crippen LogP contribution in [-0.4, -0.2) is 29.7 Å². The monoisotopic (exact) mass is 163 g/mol. The van der Waals surface area contributed by atoms with Crippen molar-refractivity contribution in [1.29, 1.82) is 0 Å². The molecule has 1 amide bonds. The van der Waals surface area contributed by atoms with E-state index in [-0.39, 0.29) is 5.91 Å². The summed E-state index contributed by atoms with van der Waals surface area (Å²) in [5.41, 5.74) is 6.47. The molecule has 2 N–H and O–H groups in total. The molecule has 2 aliphatic heterocycles. The molecule has 4 nitrogen and oxygen atoms in total. The summed E-state index contributed by atoms with van der Waals surface area (Å²) in [6.45, 7) is 0.845. The summed E-state index contributed by atoms with van der Waals surface area (Å²) in [5.74, 6) is 0.626. The highest BCUT2D eigenvalue weighted by Crippen LogP contribution is 2.13. The lowest BCUT2D eigenvalue weighted by atomic mass is 10.2. The molecular formula is C8H9N3O. The first kappa shape index (κ1) is 7.24. The van der Waals surface area contributed by atoms with Gasteiger partial charge in [-0.2, -0.15) is 4.99 Å². The highest BCUT2D eigenvalue weighted by molar-refractivity contribution is 6.08. The maximum Gasteiger partial charge on any atom is 0.267 e. The van der Waals surface area contributed by atoms with Crippen LogP contribution in [0.15, 0.2) is 28.9 Å². The van der Waals surface area contributed by atoms with Crippen molar-refractivity contribution < 1.29 is 4.79 Å². The third-order valence-electron chi connectivity index (χ3n) is 1.84. The molecule has 2 rings (SSSR count). The molecule has 0 spiro atoms. The van der Waals surface area contributed by atoms with Gasteiger partial charge < -0.3 is 10.6 Å². The largest absolute Gasteiger partial charge is 0.326 e. The minimum Gasteiger partial charge on any atom is -0.326 e. The summed E-state index contributed by atoms with van der Waals surface area (Å²) < 4.78 is 0. The Morgan fingerprint density at radius 1 is 1.58 bits per heavy atom. The van der Waals surface area contributed by atoms with E-state index in [0.29, 0.717) is 13.1 Å². The topological polar surface area (TPSA) is 58.7 Å². The highest BCUT2D eigenvalue weighted by atomic mass is 16.2. The fourth-order valence-corrected chi connectivity index (χ4v) is 1.24. The fraction of sp³-hybridized carbons (Fsp3) is 0.250. The number of carbonyl (C=O) groups is 1. The summed E-state index contributed by atoms with van der Waals surface area (Å²) in [6.07, 6.45) is 5.56. The summed E-state index contributed by atoms with van der Waals surface area (Å²) in [6, 6.07) is 0. The molecule has 0 aromatic heterocycles. The van der Waals surface area contributed by atoms with Crippen molar-refractivity contribution in [2.24, 2.45) is 10.7 Å². The minimum absolute atomic E-state index is 0.0934. The molecule has 0 unspecified atom stereocenters. The zero-order valence-corrected chi connectivity index (χ0v) is 6.53. The molecule has 0 saturated carbocycles. The second-order valence-corrected chi connectivity index (χ2v) is 2.73. The number of aliphatic imine (C=N–C) groups is 1. The van der Waals surface area contributed by atoms with Gasteiger partial charge in [-0.15, -0.1) is 0 Å². The van der Waals surface area contributed by atoms with Crippen LogP contribution in [0.3, 0.4) is 0 Å². The predicted molar refractivity (Wildman–Crippen MR) is 45.4 cm³/mol. The molecule has 62 valence electrons. The number of fused-ring (bicyclic) bond motifs is 1. The smallest absolute Gasteiger partial charge is 0.267 e. The fourth-order valence-electron chi connectivity index (χ4n) is 1.24. The quantitative estimate of drug-likeness (QED) is 0.574. The van der Waals surface area contributed by atoms with Crippen LogP contribution in [-0.2, 0) is 4.79 Å². The molecular weight excluding hydrogens is 154 g/mol. The van der Waals surface area contributed by atoms with Crippen molar-refractivity contribution >= 4 is 11.7 Å². The van der Waals surface area contributed by atoms with E-state index in [1.807, 2.05) is 23.3 Å². The van der Waals surface area contributed by atoms with Crippen LogP contribution >= 0.6 is 0 Å². The van der Waals surface area contributed by atoms with Gasteiger partial charge in [0.05, 0.1) is 0 Å². The number of hydrogen-bond donors (Lipinski definition) is 1. The van der Waals surface area contributed by atoms with Gasteiger partial charge in [0.1, 0.15) is 12.4 Å². The Labute approximate surface area is 70.1 Å². The van der Waals surface area contributed by atoms with E-state index in [2.05, 4.69) is 4.99 Å². The Morgan fingerprint density at radius 3 is 3.17 bits per heavy atom. The maximum absolute atomic E-state index is 10.9. The van der Waals surface area contributed by atoms with Gasteiger partial charge in [-0.1, -0.05) is 6.08 Å². The second-order valence-electron chi connectivity index (χ2n) is 2.73. The number of nitrogens with two attached hydrogens (primary N) is 1. The standard InChI is InChI=1S/C8H9N3O/c9-3-6-1-2-7-10-8(12)5-11(7)4-6/h1-2,4H,3,5,9H2. The van der Waals surface area contributed by atoms with Crippen molar-refractivity contribution in [2.45, 2.75) is 0 Å². The zero-order valence-electron chi connectivity index (χ0n) is 6.53. The Balaban J connectivity index is 2.28. The normalized spacial score (nSPS) is 20.8. The van der Waals surface area contributed by atoms with Crippen LogP contribution in [0, 0.1) is 0 Å². The number of rotatable bonds is 1. The molecule has 0 aromatic rings. The number of carbonyl (C=O) groups excluding carboxylic acids is 1. The Hall–Kier alpha value is -1.42. The van der Waals surface area contributed by atoms with E-state index in [4.69, 9.17) is 5.73 Å². The lowest BCUT2D eigenvalue weighted by molar-refractivity contribution is -0.116. The summed E-state index contributed by atoms with van der Waals surface area (Å²) in [7, 11) is 0. The lowest BCUT2D eigenvalue weighted by Gasteiger charge is -2.16. The molecule has 0 aliphatic carbocycles. The van der Waals surface area contributed by atoms with Gasteiger partial charge in [-0.25, -0.2) is 0 Å². The van der Waals surface area contributed by atoms with Gasteiger partial charge in [0.25, 0.3) is 5.91 Å². The van der Waals surface area contributed by atoms with Crippen LogP contribution in [0.5, 0.6) is 0 Å². The lowest BCUT2D eigenvalue weighted by Crippen LogP contribution is -2.25. The highest BCUT2D eigenvalue weighted by Gasteiger charge is 2.21.